The zero-order valence-electron chi connectivity index (χ0n) is 10.2. The van der Waals surface area contributed by atoms with Gasteiger partial charge in [0.15, 0.2) is 5.82 Å². The summed E-state index contributed by atoms with van der Waals surface area (Å²) >= 11 is 12.2. The second kappa shape index (κ2) is 5.11. The van der Waals surface area contributed by atoms with Gasteiger partial charge in [-0.1, -0.05) is 35.3 Å². The molecule has 0 spiro atoms. The quantitative estimate of drug-likeness (QED) is 0.738. The van der Waals surface area contributed by atoms with Gasteiger partial charge in [0.05, 0.1) is 10.7 Å². The molecule has 3 rings (SSSR count). The molecule has 0 radical (unpaired) electrons. The first kappa shape index (κ1) is 12.9. The van der Waals surface area contributed by atoms with E-state index in [1.165, 1.54) is 4.68 Å². The Bertz CT molecular complexity index is 769. The van der Waals surface area contributed by atoms with E-state index in [1.807, 2.05) is 12.1 Å². The molecule has 0 saturated carbocycles. The highest BCUT2D eigenvalue weighted by atomic mass is 35.5. The molecule has 3 aromatic rings. The van der Waals surface area contributed by atoms with Crippen LogP contribution < -0.4 is 5.73 Å². The fraction of sp³-hybridized carbons (Fsp3) is 0. The van der Waals surface area contributed by atoms with Crippen molar-refractivity contribution < 1.29 is 0 Å². The Morgan fingerprint density at radius 2 is 1.90 bits per heavy atom. The van der Waals surface area contributed by atoms with Crippen LogP contribution in [0.1, 0.15) is 0 Å². The van der Waals surface area contributed by atoms with E-state index in [-0.39, 0.29) is 0 Å². The van der Waals surface area contributed by atoms with Gasteiger partial charge in [-0.05, 0) is 40.8 Å². The van der Waals surface area contributed by atoms with E-state index in [0.717, 1.165) is 5.56 Å². The topological polar surface area (TPSA) is 69.6 Å². The predicted octanol–water partition coefficient (Wildman–Crippen LogP) is 3.22. The Morgan fingerprint density at radius 3 is 2.70 bits per heavy atom. The molecule has 5 nitrogen and oxygen atoms in total. The van der Waals surface area contributed by atoms with Gasteiger partial charge in [0.25, 0.3) is 0 Å². The van der Waals surface area contributed by atoms with Crippen LogP contribution in [0.4, 0.5) is 5.69 Å². The van der Waals surface area contributed by atoms with Crippen LogP contribution in [0.15, 0.2) is 42.5 Å². The van der Waals surface area contributed by atoms with Crippen molar-refractivity contribution in [2.45, 2.75) is 0 Å². The lowest BCUT2D eigenvalue weighted by Gasteiger charge is -2.07. The molecule has 0 unspecified atom stereocenters. The summed E-state index contributed by atoms with van der Waals surface area (Å²) in [6, 6.07) is 12.4. The summed E-state index contributed by atoms with van der Waals surface area (Å²) in [5.41, 5.74) is 7.83. The molecule has 100 valence electrons. The van der Waals surface area contributed by atoms with Gasteiger partial charge in [-0.25, -0.2) is 0 Å². The molecule has 0 aliphatic carbocycles. The third-order valence-corrected chi connectivity index (χ3v) is 3.31. The van der Waals surface area contributed by atoms with E-state index < -0.39 is 0 Å². The van der Waals surface area contributed by atoms with Gasteiger partial charge in [0.2, 0.25) is 0 Å². The summed E-state index contributed by atoms with van der Waals surface area (Å²) in [4.78, 5) is 0. The van der Waals surface area contributed by atoms with E-state index in [4.69, 9.17) is 28.9 Å². The normalized spacial score (nSPS) is 10.7. The number of nitrogen functional groups attached to an aromatic ring is 1. The van der Waals surface area contributed by atoms with Gasteiger partial charge in [0, 0.05) is 16.3 Å². The van der Waals surface area contributed by atoms with E-state index in [1.54, 1.807) is 30.3 Å². The van der Waals surface area contributed by atoms with Crippen LogP contribution in [-0.4, -0.2) is 20.2 Å². The monoisotopic (exact) mass is 305 g/mol. The maximum atomic E-state index is 6.18. The van der Waals surface area contributed by atoms with Gasteiger partial charge in [-0.2, -0.15) is 4.68 Å². The first-order valence-corrected chi connectivity index (χ1v) is 6.50. The van der Waals surface area contributed by atoms with Crippen LogP contribution in [0.5, 0.6) is 0 Å². The van der Waals surface area contributed by atoms with Crippen molar-refractivity contribution in [2.24, 2.45) is 0 Å². The number of aromatic nitrogens is 4. The molecule has 0 atom stereocenters. The maximum absolute atomic E-state index is 6.18. The molecule has 0 bridgehead atoms. The van der Waals surface area contributed by atoms with Gasteiger partial charge in [0.1, 0.15) is 0 Å². The smallest absolute Gasteiger partial charge is 0.187 e. The second-order valence-electron chi connectivity index (χ2n) is 4.14. The minimum absolute atomic E-state index is 0.506. The minimum Gasteiger partial charge on any atom is -0.399 e. The van der Waals surface area contributed by atoms with Crippen LogP contribution in [0.25, 0.3) is 17.1 Å². The number of hydrogen-bond donors (Lipinski definition) is 1. The first-order valence-electron chi connectivity index (χ1n) is 5.75. The highest BCUT2D eigenvalue weighted by molar-refractivity contribution is 6.34. The summed E-state index contributed by atoms with van der Waals surface area (Å²) in [5.74, 6) is 0.543. The van der Waals surface area contributed by atoms with Crippen molar-refractivity contribution in [3.8, 4) is 17.1 Å². The lowest BCUT2D eigenvalue weighted by molar-refractivity contribution is 0.791. The number of anilines is 1. The molecule has 7 heteroatoms. The van der Waals surface area contributed by atoms with Crippen molar-refractivity contribution in [3.05, 3.63) is 52.5 Å². The van der Waals surface area contributed by atoms with E-state index in [0.29, 0.717) is 27.2 Å². The average Bonchev–Trinajstić information content (AvgIpc) is 2.90. The number of nitrogens with two attached hydrogens (primary N) is 1. The largest absolute Gasteiger partial charge is 0.399 e. The molecule has 2 aromatic carbocycles. The molecule has 1 aromatic heterocycles. The van der Waals surface area contributed by atoms with Crippen LogP contribution >= 0.6 is 23.2 Å². The number of halogens is 2. The van der Waals surface area contributed by atoms with Gasteiger partial charge < -0.3 is 5.73 Å². The summed E-state index contributed by atoms with van der Waals surface area (Å²) < 4.78 is 1.53. The Hall–Kier alpha value is -2.11. The molecule has 0 saturated heterocycles. The lowest BCUT2D eigenvalue weighted by Crippen LogP contribution is -2.01. The van der Waals surface area contributed by atoms with Crippen molar-refractivity contribution in [3.63, 3.8) is 0 Å². The van der Waals surface area contributed by atoms with Gasteiger partial charge in [-0.3, -0.25) is 0 Å². The number of nitrogens with zero attached hydrogens (tertiary/aromatic N) is 4. The average molecular weight is 306 g/mol. The second-order valence-corrected chi connectivity index (χ2v) is 4.98. The Kier molecular flexibility index (Phi) is 3.30. The molecule has 1 heterocycles. The maximum Gasteiger partial charge on any atom is 0.187 e. The third kappa shape index (κ3) is 2.33. The lowest BCUT2D eigenvalue weighted by atomic mass is 10.2. The first-order chi connectivity index (χ1) is 9.65. The summed E-state index contributed by atoms with van der Waals surface area (Å²) in [7, 11) is 0. The van der Waals surface area contributed by atoms with Crippen LogP contribution in [0, 0.1) is 0 Å². The molecule has 0 aliphatic heterocycles. The predicted molar refractivity (Wildman–Crippen MR) is 79.0 cm³/mol. The van der Waals surface area contributed by atoms with E-state index in [2.05, 4.69) is 15.5 Å². The molecule has 0 fully saturated rings. The number of hydrogen-bond acceptors (Lipinski definition) is 4. The Morgan fingerprint density at radius 1 is 1.05 bits per heavy atom. The van der Waals surface area contributed by atoms with Gasteiger partial charge >= 0.3 is 0 Å². The highest BCUT2D eigenvalue weighted by Crippen LogP contribution is 2.27. The van der Waals surface area contributed by atoms with Crippen LogP contribution in [0.2, 0.25) is 10.0 Å². The fourth-order valence-corrected chi connectivity index (χ4v) is 2.22. The van der Waals surface area contributed by atoms with Crippen molar-refractivity contribution in [1.29, 1.82) is 0 Å². The molecule has 0 amide bonds. The number of tetrazole rings is 1. The molecule has 2 N–H and O–H groups in total. The third-order valence-electron chi connectivity index (χ3n) is 2.75. The Balaban J connectivity index is 2.18. The van der Waals surface area contributed by atoms with E-state index >= 15 is 0 Å². The number of benzene rings is 2. The molecular weight excluding hydrogens is 297 g/mol. The SMILES string of the molecule is Nc1cccc(-c2nnnn2-c2cc(Cl)ccc2Cl)c1. The summed E-state index contributed by atoms with van der Waals surface area (Å²) in [6.45, 7) is 0. The molecule has 0 aliphatic rings. The molecular formula is C13H9Cl2N5. The van der Waals surface area contributed by atoms with Crippen LogP contribution in [0.3, 0.4) is 0 Å². The zero-order chi connectivity index (χ0) is 14.1. The Labute approximate surface area is 124 Å². The number of rotatable bonds is 2. The standard InChI is InChI=1S/C13H9Cl2N5/c14-9-4-5-11(15)12(7-9)20-13(17-18-19-20)8-2-1-3-10(16)6-8/h1-7H,16H2. The summed E-state index contributed by atoms with van der Waals surface area (Å²) in [5, 5.41) is 12.7. The van der Waals surface area contributed by atoms with Crippen molar-refractivity contribution >= 4 is 28.9 Å². The zero-order valence-corrected chi connectivity index (χ0v) is 11.7. The fourth-order valence-electron chi connectivity index (χ4n) is 1.86. The van der Waals surface area contributed by atoms with E-state index in [9.17, 15) is 0 Å². The van der Waals surface area contributed by atoms with Gasteiger partial charge in [-0.15, -0.1) is 5.10 Å². The molecule has 20 heavy (non-hydrogen) atoms. The minimum atomic E-state index is 0.506. The van der Waals surface area contributed by atoms with Crippen molar-refractivity contribution in [2.75, 3.05) is 5.73 Å². The van der Waals surface area contributed by atoms with Crippen LogP contribution in [-0.2, 0) is 0 Å². The van der Waals surface area contributed by atoms with Crippen molar-refractivity contribution in [1.82, 2.24) is 20.2 Å². The highest BCUT2D eigenvalue weighted by Gasteiger charge is 2.13. The summed E-state index contributed by atoms with van der Waals surface area (Å²) in [6.07, 6.45) is 0.